The normalized spacial score (nSPS) is 11.7. The maximum atomic E-state index is 14.3. The Morgan fingerprint density at radius 2 is 1.59 bits per heavy atom. The van der Waals surface area contributed by atoms with Crippen LogP contribution >= 0.6 is 0 Å². The van der Waals surface area contributed by atoms with Crippen LogP contribution in [0.15, 0.2) is 76.7 Å². The van der Waals surface area contributed by atoms with Gasteiger partial charge in [0.05, 0.1) is 9.79 Å². The second-order valence-electron chi connectivity index (χ2n) is 6.89. The van der Waals surface area contributed by atoms with E-state index in [-0.39, 0.29) is 15.3 Å². The van der Waals surface area contributed by atoms with Crippen molar-refractivity contribution < 1.29 is 17.2 Å². The average molecular weight is 409 g/mol. The monoisotopic (exact) mass is 409 g/mol. The van der Waals surface area contributed by atoms with E-state index in [1.54, 1.807) is 24.3 Å². The predicted octanol–water partition coefficient (Wildman–Crippen LogP) is 5.63. The molecule has 3 nitrogen and oxygen atoms in total. The number of hydrogen-bond acceptors (Lipinski definition) is 3. The van der Waals surface area contributed by atoms with Gasteiger partial charge < -0.3 is 0 Å². The van der Waals surface area contributed by atoms with Gasteiger partial charge in [-0.05, 0) is 60.9 Å². The van der Waals surface area contributed by atoms with Crippen LogP contribution in [0.25, 0.3) is 22.0 Å². The summed E-state index contributed by atoms with van der Waals surface area (Å²) in [7, 11) is -3.95. The number of aryl methyl sites for hydroxylation is 2. The fourth-order valence-electron chi connectivity index (χ4n) is 3.29. The van der Waals surface area contributed by atoms with E-state index in [2.05, 4.69) is 4.98 Å². The van der Waals surface area contributed by atoms with Crippen LogP contribution in [-0.4, -0.2) is 13.4 Å². The Kier molecular flexibility index (Phi) is 4.67. The molecule has 0 aliphatic heterocycles. The minimum Gasteiger partial charge on any atom is -0.252 e. The second-order valence-corrected chi connectivity index (χ2v) is 8.81. The summed E-state index contributed by atoms with van der Waals surface area (Å²) in [5.41, 5.74) is 2.64. The lowest BCUT2D eigenvalue weighted by Crippen LogP contribution is -2.06. The van der Waals surface area contributed by atoms with Crippen LogP contribution in [0.2, 0.25) is 0 Å². The van der Waals surface area contributed by atoms with Crippen molar-refractivity contribution in [2.45, 2.75) is 23.6 Å². The molecule has 29 heavy (non-hydrogen) atoms. The molecular weight excluding hydrogens is 392 g/mol. The fraction of sp³-hybridized carbons (Fsp3) is 0.0870. The Balaban J connectivity index is 2.08. The molecule has 0 aliphatic rings. The van der Waals surface area contributed by atoms with E-state index >= 15 is 0 Å². The van der Waals surface area contributed by atoms with Gasteiger partial charge in [-0.1, -0.05) is 30.3 Å². The zero-order valence-corrected chi connectivity index (χ0v) is 16.6. The summed E-state index contributed by atoms with van der Waals surface area (Å²) in [5, 5.41) is 0.349. The first-order chi connectivity index (χ1) is 13.8. The smallest absolute Gasteiger partial charge is 0.208 e. The first-order valence-corrected chi connectivity index (χ1v) is 10.4. The Morgan fingerprint density at radius 3 is 2.28 bits per heavy atom. The number of hydrogen-bond donors (Lipinski definition) is 0. The number of rotatable bonds is 3. The van der Waals surface area contributed by atoms with Crippen molar-refractivity contribution in [3.8, 4) is 11.1 Å². The van der Waals surface area contributed by atoms with Crippen LogP contribution in [0.5, 0.6) is 0 Å². The molecule has 4 aromatic rings. The molecule has 4 rings (SSSR count). The summed E-state index contributed by atoms with van der Waals surface area (Å²) in [6.45, 7) is 3.74. The largest absolute Gasteiger partial charge is 0.252 e. The van der Waals surface area contributed by atoms with Crippen molar-refractivity contribution >= 4 is 20.7 Å². The van der Waals surface area contributed by atoms with Crippen molar-refractivity contribution in [1.82, 2.24) is 4.98 Å². The fourth-order valence-corrected chi connectivity index (χ4v) is 4.82. The van der Waals surface area contributed by atoms with Crippen LogP contribution in [0.1, 0.15) is 11.1 Å². The summed E-state index contributed by atoms with van der Waals surface area (Å²) in [5.74, 6) is -1.00. The molecule has 146 valence electrons. The first-order valence-electron chi connectivity index (χ1n) is 8.94. The van der Waals surface area contributed by atoms with Crippen molar-refractivity contribution in [2.24, 2.45) is 0 Å². The molecule has 6 heteroatoms. The summed E-state index contributed by atoms with van der Waals surface area (Å²) in [6, 6.07) is 14.7. The number of para-hydroxylation sites is 1. The molecule has 3 aromatic carbocycles. The SMILES string of the molecule is Cc1ccc(S(=O)(=O)c2cnc3c(F)cccc3c2-c2ccc(F)cc2)cc1C. The zero-order valence-electron chi connectivity index (χ0n) is 15.8. The van der Waals surface area contributed by atoms with Gasteiger partial charge in [0.2, 0.25) is 9.84 Å². The van der Waals surface area contributed by atoms with Crippen LogP contribution in [0, 0.1) is 25.5 Å². The number of pyridine rings is 1. The minimum atomic E-state index is -3.95. The molecular formula is C23H17F2NO2S. The molecule has 0 fully saturated rings. The Labute approximate surface area is 167 Å². The van der Waals surface area contributed by atoms with Crippen LogP contribution < -0.4 is 0 Å². The quantitative estimate of drug-likeness (QED) is 0.441. The van der Waals surface area contributed by atoms with Gasteiger partial charge in [0.25, 0.3) is 0 Å². The van der Waals surface area contributed by atoms with Crippen molar-refractivity contribution in [3.05, 3.63) is 89.6 Å². The van der Waals surface area contributed by atoms with Crippen molar-refractivity contribution in [2.75, 3.05) is 0 Å². The van der Waals surface area contributed by atoms with Gasteiger partial charge in [0.15, 0.2) is 0 Å². The average Bonchev–Trinajstić information content (AvgIpc) is 2.70. The molecule has 0 atom stereocenters. The van der Waals surface area contributed by atoms with E-state index in [1.165, 1.54) is 42.6 Å². The molecule has 0 aliphatic carbocycles. The Bertz CT molecular complexity index is 1350. The summed E-state index contributed by atoms with van der Waals surface area (Å²) in [4.78, 5) is 4.16. The summed E-state index contributed by atoms with van der Waals surface area (Å²) >= 11 is 0. The van der Waals surface area contributed by atoms with Crippen molar-refractivity contribution in [1.29, 1.82) is 0 Å². The van der Waals surface area contributed by atoms with Crippen LogP contribution in [-0.2, 0) is 9.84 Å². The molecule has 0 saturated heterocycles. The predicted molar refractivity (Wildman–Crippen MR) is 108 cm³/mol. The van der Waals surface area contributed by atoms with Crippen molar-refractivity contribution in [3.63, 3.8) is 0 Å². The zero-order chi connectivity index (χ0) is 20.8. The molecule has 0 N–H and O–H groups in total. The summed E-state index contributed by atoms with van der Waals surface area (Å²) < 4.78 is 54.8. The van der Waals surface area contributed by atoms with E-state index < -0.39 is 21.5 Å². The third kappa shape index (κ3) is 3.29. The number of aromatic nitrogens is 1. The molecule has 0 spiro atoms. The molecule has 0 unspecified atom stereocenters. The number of benzene rings is 3. The number of sulfone groups is 1. The minimum absolute atomic E-state index is 0.0505. The molecule has 0 saturated carbocycles. The van der Waals surface area contributed by atoms with Gasteiger partial charge in [-0.3, -0.25) is 4.98 Å². The van der Waals surface area contributed by atoms with E-state index in [9.17, 15) is 17.2 Å². The molecule has 1 heterocycles. The molecule has 1 aromatic heterocycles. The highest BCUT2D eigenvalue weighted by molar-refractivity contribution is 7.91. The standard InChI is InChI=1S/C23H17F2NO2S/c1-14-6-11-18(12-15(14)2)29(27,28)21-13-26-23-19(4-3-5-20(23)25)22(21)16-7-9-17(24)10-8-16/h3-13H,1-2H3. The topological polar surface area (TPSA) is 47.0 Å². The lowest BCUT2D eigenvalue weighted by atomic mass is 10.0. The highest BCUT2D eigenvalue weighted by atomic mass is 32.2. The van der Waals surface area contributed by atoms with E-state index in [0.29, 0.717) is 16.5 Å². The third-order valence-corrected chi connectivity index (χ3v) is 6.79. The van der Waals surface area contributed by atoms with Gasteiger partial charge in [-0.15, -0.1) is 0 Å². The lowest BCUT2D eigenvalue weighted by molar-refractivity contribution is 0.595. The Hall–Kier alpha value is -3.12. The number of halogens is 2. The van der Waals surface area contributed by atoms with Gasteiger partial charge in [0, 0.05) is 17.1 Å². The van der Waals surface area contributed by atoms with Crippen LogP contribution in [0.4, 0.5) is 8.78 Å². The third-order valence-electron chi connectivity index (χ3n) is 5.02. The van der Waals surface area contributed by atoms with Gasteiger partial charge in [-0.2, -0.15) is 0 Å². The van der Waals surface area contributed by atoms with Gasteiger partial charge in [-0.25, -0.2) is 17.2 Å². The van der Waals surface area contributed by atoms with Gasteiger partial charge >= 0.3 is 0 Å². The van der Waals surface area contributed by atoms with Crippen LogP contribution in [0.3, 0.4) is 0 Å². The highest BCUT2D eigenvalue weighted by Crippen LogP contribution is 2.37. The maximum Gasteiger partial charge on any atom is 0.208 e. The Morgan fingerprint density at radius 1 is 0.862 bits per heavy atom. The van der Waals surface area contributed by atoms with Gasteiger partial charge in [0.1, 0.15) is 17.2 Å². The number of nitrogens with zero attached hydrogens (tertiary/aromatic N) is 1. The lowest BCUT2D eigenvalue weighted by Gasteiger charge is -2.15. The van der Waals surface area contributed by atoms with E-state index in [0.717, 1.165) is 11.1 Å². The molecule has 0 amide bonds. The van der Waals surface area contributed by atoms with E-state index in [1.807, 2.05) is 13.8 Å². The molecule has 0 bridgehead atoms. The van der Waals surface area contributed by atoms with E-state index in [4.69, 9.17) is 0 Å². The summed E-state index contributed by atoms with van der Waals surface area (Å²) in [6.07, 6.45) is 1.18. The maximum absolute atomic E-state index is 14.3. The highest BCUT2D eigenvalue weighted by Gasteiger charge is 2.25. The number of fused-ring (bicyclic) bond motifs is 1. The molecule has 0 radical (unpaired) electrons. The first kappa shape index (κ1) is 19.2. The second kappa shape index (κ2) is 7.04.